The molecule has 0 heteroatoms. The molecule has 0 aromatic rings. The third-order valence-electron chi connectivity index (χ3n) is 1.77. The molecule has 0 unspecified atom stereocenters. The van der Waals surface area contributed by atoms with Gasteiger partial charge in [-0.1, -0.05) is 49.1 Å². The van der Waals surface area contributed by atoms with Gasteiger partial charge in [0.15, 0.2) is 0 Å². The lowest BCUT2D eigenvalue weighted by atomic mass is 10.1. The zero-order valence-electron chi connectivity index (χ0n) is 8.80. The van der Waals surface area contributed by atoms with Crippen LogP contribution >= 0.6 is 0 Å². The molecule has 0 rings (SSSR count). The summed E-state index contributed by atoms with van der Waals surface area (Å²) in [7, 11) is 0. The Labute approximate surface area is 81.7 Å². The van der Waals surface area contributed by atoms with Gasteiger partial charge in [-0.3, -0.25) is 0 Å². The summed E-state index contributed by atoms with van der Waals surface area (Å²) in [6, 6.07) is 0. The normalized spacial score (nSPS) is 13.5. The molecule has 0 radical (unpaired) electrons. The van der Waals surface area contributed by atoms with Crippen molar-refractivity contribution >= 4 is 0 Å². The van der Waals surface area contributed by atoms with E-state index in [1.54, 1.807) is 0 Å². The van der Waals surface area contributed by atoms with E-state index < -0.39 is 0 Å². The van der Waals surface area contributed by atoms with Crippen LogP contribution in [0.2, 0.25) is 0 Å². The minimum absolute atomic E-state index is 1.09. The molecule has 0 saturated carbocycles. The van der Waals surface area contributed by atoms with Crippen molar-refractivity contribution in [1.82, 2.24) is 0 Å². The molecule has 13 heavy (non-hydrogen) atoms. The summed E-state index contributed by atoms with van der Waals surface area (Å²) in [6.45, 7) is 13.7. The van der Waals surface area contributed by atoms with E-state index in [0.717, 1.165) is 11.1 Å². The number of allylic oxidation sites excluding steroid dienone is 8. The van der Waals surface area contributed by atoms with Crippen LogP contribution < -0.4 is 0 Å². The van der Waals surface area contributed by atoms with Crippen molar-refractivity contribution in [3.8, 4) is 0 Å². The SMILES string of the molecule is C=CC(=C\C=C/C)/C=C(\C)C(=C)C. The first-order valence-corrected chi connectivity index (χ1v) is 4.41. The Balaban J connectivity index is 4.72. The van der Waals surface area contributed by atoms with Crippen LogP contribution in [0.4, 0.5) is 0 Å². The fourth-order valence-corrected chi connectivity index (χ4v) is 0.756. The maximum Gasteiger partial charge on any atom is -0.0260 e. The lowest BCUT2D eigenvalue weighted by Gasteiger charge is -1.98. The van der Waals surface area contributed by atoms with Crippen LogP contribution in [-0.4, -0.2) is 0 Å². The molecule has 0 spiro atoms. The molecule has 0 aliphatic rings. The molecule has 0 fully saturated rings. The van der Waals surface area contributed by atoms with Crippen LogP contribution in [0.1, 0.15) is 20.8 Å². The smallest absolute Gasteiger partial charge is 0.0260 e. The third-order valence-corrected chi connectivity index (χ3v) is 1.77. The maximum atomic E-state index is 3.87. The topological polar surface area (TPSA) is 0 Å². The molecule has 0 atom stereocenters. The van der Waals surface area contributed by atoms with Crippen molar-refractivity contribution in [2.24, 2.45) is 0 Å². The van der Waals surface area contributed by atoms with Gasteiger partial charge in [0.25, 0.3) is 0 Å². The van der Waals surface area contributed by atoms with Gasteiger partial charge in [0.1, 0.15) is 0 Å². The molecule has 0 aliphatic carbocycles. The average molecular weight is 174 g/mol. The zero-order valence-corrected chi connectivity index (χ0v) is 8.80. The fourth-order valence-electron chi connectivity index (χ4n) is 0.756. The highest BCUT2D eigenvalue weighted by Gasteiger charge is 1.89. The van der Waals surface area contributed by atoms with E-state index in [1.807, 2.05) is 38.2 Å². The van der Waals surface area contributed by atoms with E-state index in [-0.39, 0.29) is 0 Å². The Hall–Kier alpha value is -1.30. The third kappa shape index (κ3) is 5.02. The highest BCUT2D eigenvalue weighted by atomic mass is 14.0. The summed E-state index contributed by atoms with van der Waals surface area (Å²) in [4.78, 5) is 0. The molecule has 0 saturated heterocycles. The number of hydrogen-bond acceptors (Lipinski definition) is 0. The minimum Gasteiger partial charge on any atom is -0.0985 e. The maximum absolute atomic E-state index is 3.87. The first-order valence-electron chi connectivity index (χ1n) is 4.41. The molecule has 0 nitrogen and oxygen atoms in total. The van der Waals surface area contributed by atoms with E-state index in [9.17, 15) is 0 Å². The molecule has 0 N–H and O–H groups in total. The van der Waals surface area contributed by atoms with Gasteiger partial charge >= 0.3 is 0 Å². The molecule has 0 aromatic carbocycles. The summed E-state index contributed by atoms with van der Waals surface area (Å²) in [5.41, 5.74) is 3.39. The molecular weight excluding hydrogens is 156 g/mol. The summed E-state index contributed by atoms with van der Waals surface area (Å²) >= 11 is 0. The fraction of sp³-hybridized carbons (Fsp3) is 0.231. The molecule has 0 aromatic heterocycles. The van der Waals surface area contributed by atoms with Gasteiger partial charge in [-0.2, -0.15) is 0 Å². The van der Waals surface area contributed by atoms with Crippen LogP contribution in [0, 0.1) is 0 Å². The van der Waals surface area contributed by atoms with Gasteiger partial charge in [-0.15, -0.1) is 0 Å². The second-order valence-corrected chi connectivity index (χ2v) is 3.00. The Morgan fingerprint density at radius 1 is 1.23 bits per heavy atom. The van der Waals surface area contributed by atoms with Crippen LogP contribution in [0.25, 0.3) is 0 Å². The van der Waals surface area contributed by atoms with Crippen molar-refractivity contribution in [1.29, 1.82) is 0 Å². The van der Waals surface area contributed by atoms with E-state index >= 15 is 0 Å². The van der Waals surface area contributed by atoms with Crippen molar-refractivity contribution in [3.05, 3.63) is 60.3 Å². The quantitative estimate of drug-likeness (QED) is 0.560. The van der Waals surface area contributed by atoms with Crippen LogP contribution in [-0.2, 0) is 0 Å². The first-order chi connectivity index (χ1) is 6.11. The Kier molecular flexibility index (Phi) is 5.62. The van der Waals surface area contributed by atoms with Crippen molar-refractivity contribution in [3.63, 3.8) is 0 Å². The van der Waals surface area contributed by atoms with Crippen molar-refractivity contribution in [2.45, 2.75) is 20.8 Å². The zero-order chi connectivity index (χ0) is 10.3. The van der Waals surface area contributed by atoms with Gasteiger partial charge in [-0.25, -0.2) is 0 Å². The molecule has 0 heterocycles. The molecular formula is C13H18. The lowest BCUT2D eigenvalue weighted by molar-refractivity contribution is 1.35. The van der Waals surface area contributed by atoms with Crippen LogP contribution in [0.3, 0.4) is 0 Å². The summed E-state index contributed by atoms with van der Waals surface area (Å²) in [5, 5.41) is 0. The summed E-state index contributed by atoms with van der Waals surface area (Å²) in [5.74, 6) is 0. The van der Waals surface area contributed by atoms with Gasteiger partial charge in [0.2, 0.25) is 0 Å². The highest BCUT2D eigenvalue weighted by Crippen LogP contribution is 2.10. The van der Waals surface area contributed by atoms with E-state index in [1.165, 1.54) is 5.57 Å². The summed E-state index contributed by atoms with van der Waals surface area (Å²) < 4.78 is 0. The van der Waals surface area contributed by atoms with E-state index in [4.69, 9.17) is 0 Å². The van der Waals surface area contributed by atoms with Crippen LogP contribution in [0.15, 0.2) is 60.3 Å². The molecule has 0 aliphatic heterocycles. The Bertz CT molecular complexity index is 272. The van der Waals surface area contributed by atoms with Crippen molar-refractivity contribution in [2.75, 3.05) is 0 Å². The minimum atomic E-state index is 1.09. The highest BCUT2D eigenvalue weighted by molar-refractivity contribution is 5.39. The van der Waals surface area contributed by atoms with Gasteiger partial charge in [0.05, 0.1) is 0 Å². The number of hydrogen-bond donors (Lipinski definition) is 0. The van der Waals surface area contributed by atoms with Crippen LogP contribution in [0.5, 0.6) is 0 Å². The Morgan fingerprint density at radius 3 is 2.23 bits per heavy atom. The van der Waals surface area contributed by atoms with E-state index in [2.05, 4.69) is 26.2 Å². The van der Waals surface area contributed by atoms with Gasteiger partial charge < -0.3 is 0 Å². The lowest BCUT2D eigenvalue weighted by Crippen LogP contribution is -1.78. The first kappa shape index (κ1) is 11.7. The standard InChI is InChI=1S/C13H18/c1-6-8-9-13(7-2)10-12(5)11(3)4/h6-10H,2-3H2,1,4-5H3/b8-6-,12-10+,13-9+. The second-order valence-electron chi connectivity index (χ2n) is 3.00. The predicted octanol–water partition coefficient (Wildman–Crippen LogP) is 4.20. The van der Waals surface area contributed by atoms with E-state index in [0.29, 0.717) is 0 Å². The molecule has 0 bridgehead atoms. The largest absolute Gasteiger partial charge is 0.0985 e. The Morgan fingerprint density at radius 2 is 1.85 bits per heavy atom. The van der Waals surface area contributed by atoms with Crippen molar-refractivity contribution < 1.29 is 0 Å². The number of rotatable bonds is 4. The predicted molar refractivity (Wildman–Crippen MR) is 61.7 cm³/mol. The molecule has 0 amide bonds. The second kappa shape index (κ2) is 6.24. The van der Waals surface area contributed by atoms with Gasteiger partial charge in [0, 0.05) is 0 Å². The average Bonchev–Trinajstić information content (AvgIpc) is 2.11. The summed E-state index contributed by atoms with van der Waals surface area (Å²) in [6.07, 6.45) is 9.94. The monoisotopic (exact) mass is 174 g/mol. The van der Waals surface area contributed by atoms with Gasteiger partial charge in [-0.05, 0) is 31.9 Å². The molecule has 70 valence electrons.